The van der Waals surface area contributed by atoms with Crippen molar-refractivity contribution >= 4 is 32.7 Å². The Morgan fingerprint density at radius 2 is 2.03 bits per heavy atom. The van der Waals surface area contributed by atoms with E-state index in [0.717, 1.165) is 24.2 Å². The molecule has 3 aliphatic rings. The number of rotatable bonds is 5. The Morgan fingerprint density at radius 3 is 2.79 bits per heavy atom. The molecule has 2 saturated heterocycles. The SMILES string of the molecule is COc1cccc(CN2C(=NC(=O)CC3CCCCC3)S[C@@H]3CS(=O)(=O)C[C@H]32)c1. The first-order chi connectivity index (χ1) is 13.9. The van der Waals surface area contributed by atoms with Gasteiger partial charge in [0, 0.05) is 18.2 Å². The van der Waals surface area contributed by atoms with Crippen LogP contribution in [0.2, 0.25) is 0 Å². The number of carbonyl (C=O) groups is 1. The van der Waals surface area contributed by atoms with Crippen molar-refractivity contribution in [2.24, 2.45) is 10.9 Å². The van der Waals surface area contributed by atoms with E-state index in [1.807, 2.05) is 29.2 Å². The molecule has 1 aromatic carbocycles. The minimum Gasteiger partial charge on any atom is -0.497 e. The van der Waals surface area contributed by atoms with E-state index in [4.69, 9.17) is 4.74 Å². The van der Waals surface area contributed by atoms with Crippen LogP contribution >= 0.6 is 11.8 Å². The summed E-state index contributed by atoms with van der Waals surface area (Å²) in [6.07, 6.45) is 6.40. The van der Waals surface area contributed by atoms with Gasteiger partial charge in [0.25, 0.3) is 0 Å². The molecule has 1 aliphatic carbocycles. The number of methoxy groups -OCH3 is 1. The van der Waals surface area contributed by atoms with E-state index in [1.54, 1.807) is 7.11 Å². The minimum absolute atomic E-state index is 0.0492. The summed E-state index contributed by atoms with van der Waals surface area (Å²) in [7, 11) is -1.42. The molecule has 1 amide bonds. The molecule has 0 aromatic heterocycles. The fourth-order valence-corrected chi connectivity index (χ4v) is 8.55. The Morgan fingerprint density at radius 1 is 1.24 bits per heavy atom. The summed E-state index contributed by atoms with van der Waals surface area (Å²) in [5, 5.41) is 0.630. The van der Waals surface area contributed by atoms with Gasteiger partial charge in [0.2, 0.25) is 5.91 Å². The number of fused-ring (bicyclic) bond motifs is 1. The van der Waals surface area contributed by atoms with Gasteiger partial charge < -0.3 is 9.64 Å². The number of amides is 1. The second kappa shape index (κ2) is 8.68. The Labute approximate surface area is 177 Å². The lowest BCUT2D eigenvalue weighted by Crippen LogP contribution is -2.37. The fourth-order valence-electron chi connectivity index (χ4n) is 4.58. The highest BCUT2D eigenvalue weighted by Crippen LogP contribution is 2.39. The fraction of sp³-hybridized carbons (Fsp3) is 0.619. The minimum atomic E-state index is -3.05. The van der Waals surface area contributed by atoms with E-state index < -0.39 is 9.84 Å². The zero-order chi connectivity index (χ0) is 20.4. The van der Waals surface area contributed by atoms with Crippen molar-refractivity contribution in [3.8, 4) is 5.75 Å². The van der Waals surface area contributed by atoms with Gasteiger partial charge in [-0.1, -0.05) is 43.2 Å². The van der Waals surface area contributed by atoms with Crippen molar-refractivity contribution in [1.82, 2.24) is 4.90 Å². The van der Waals surface area contributed by atoms with Crippen LogP contribution < -0.4 is 4.74 Å². The topological polar surface area (TPSA) is 76.0 Å². The molecule has 0 unspecified atom stereocenters. The Bertz CT molecular complexity index is 894. The van der Waals surface area contributed by atoms with Crippen LogP contribution in [0.15, 0.2) is 29.3 Å². The van der Waals surface area contributed by atoms with Gasteiger partial charge in [-0.15, -0.1) is 0 Å². The molecule has 1 aromatic rings. The predicted octanol–water partition coefficient (Wildman–Crippen LogP) is 3.26. The summed E-state index contributed by atoms with van der Waals surface area (Å²) in [5.74, 6) is 1.42. The number of nitrogens with zero attached hydrogens (tertiary/aromatic N) is 2. The van der Waals surface area contributed by atoms with E-state index in [1.165, 1.54) is 31.0 Å². The number of carbonyl (C=O) groups excluding carboxylic acids is 1. The molecular weight excluding hydrogens is 408 g/mol. The van der Waals surface area contributed by atoms with E-state index in [-0.39, 0.29) is 28.7 Å². The average molecular weight is 437 g/mol. The summed E-state index contributed by atoms with van der Waals surface area (Å²) >= 11 is 1.46. The maximum Gasteiger partial charge on any atom is 0.248 e. The number of hydrogen-bond donors (Lipinski definition) is 0. The zero-order valence-electron chi connectivity index (χ0n) is 16.7. The first-order valence-corrected chi connectivity index (χ1v) is 13.0. The van der Waals surface area contributed by atoms with Gasteiger partial charge in [0.05, 0.1) is 24.7 Å². The maximum absolute atomic E-state index is 12.6. The van der Waals surface area contributed by atoms with Crippen molar-refractivity contribution in [1.29, 1.82) is 0 Å². The molecule has 4 rings (SSSR count). The van der Waals surface area contributed by atoms with Gasteiger partial charge in [0.15, 0.2) is 15.0 Å². The largest absolute Gasteiger partial charge is 0.497 e. The normalized spacial score (nSPS) is 27.9. The first kappa shape index (κ1) is 20.7. The van der Waals surface area contributed by atoms with Gasteiger partial charge >= 0.3 is 0 Å². The molecule has 2 atom stereocenters. The summed E-state index contributed by atoms with van der Waals surface area (Å²) < 4.78 is 29.6. The number of thioether (sulfide) groups is 1. The molecule has 2 heterocycles. The number of ether oxygens (including phenoxy) is 1. The van der Waals surface area contributed by atoms with Crippen molar-refractivity contribution in [3.63, 3.8) is 0 Å². The molecular formula is C21H28N2O4S2. The lowest BCUT2D eigenvalue weighted by atomic mass is 9.87. The van der Waals surface area contributed by atoms with Gasteiger partial charge in [-0.3, -0.25) is 4.79 Å². The van der Waals surface area contributed by atoms with Crippen LogP contribution in [0.3, 0.4) is 0 Å². The number of aliphatic imine (C=N–C) groups is 1. The zero-order valence-corrected chi connectivity index (χ0v) is 18.4. The van der Waals surface area contributed by atoms with Crippen molar-refractivity contribution < 1.29 is 17.9 Å². The molecule has 8 heteroatoms. The van der Waals surface area contributed by atoms with Crippen LogP contribution in [0.5, 0.6) is 5.75 Å². The third kappa shape index (κ3) is 4.97. The number of sulfone groups is 1. The molecule has 2 aliphatic heterocycles. The summed E-state index contributed by atoms with van der Waals surface area (Å²) in [5.41, 5.74) is 1.02. The van der Waals surface area contributed by atoms with Crippen LogP contribution in [0.25, 0.3) is 0 Å². The molecule has 1 saturated carbocycles. The molecule has 3 fully saturated rings. The number of hydrogen-bond acceptors (Lipinski definition) is 5. The summed E-state index contributed by atoms with van der Waals surface area (Å²) in [6.45, 7) is 0.524. The highest BCUT2D eigenvalue weighted by molar-refractivity contribution is 8.15. The predicted molar refractivity (Wildman–Crippen MR) is 116 cm³/mol. The molecule has 29 heavy (non-hydrogen) atoms. The van der Waals surface area contributed by atoms with E-state index in [0.29, 0.717) is 24.1 Å². The highest BCUT2D eigenvalue weighted by Gasteiger charge is 2.48. The van der Waals surface area contributed by atoms with E-state index in [2.05, 4.69) is 4.99 Å². The third-order valence-electron chi connectivity index (χ3n) is 6.07. The van der Waals surface area contributed by atoms with Gasteiger partial charge in [-0.25, -0.2) is 8.42 Å². The Balaban J connectivity index is 1.53. The quantitative estimate of drug-likeness (QED) is 0.705. The van der Waals surface area contributed by atoms with E-state index >= 15 is 0 Å². The molecule has 0 spiro atoms. The van der Waals surface area contributed by atoms with Gasteiger partial charge in [-0.2, -0.15) is 4.99 Å². The standard InChI is InChI=1S/C21H28N2O4S2/c1-27-17-9-5-8-16(10-17)12-23-18-13-29(25,26)14-19(18)28-21(23)22-20(24)11-15-6-3-2-4-7-15/h5,8-10,15,18-19H,2-4,6-7,11-14H2,1H3/t18-,19-/m1/s1. The number of benzene rings is 1. The van der Waals surface area contributed by atoms with Crippen LogP contribution in [-0.4, -0.2) is 54.3 Å². The third-order valence-corrected chi connectivity index (χ3v) is 9.32. The van der Waals surface area contributed by atoms with Crippen LogP contribution in [-0.2, 0) is 21.2 Å². The molecule has 158 valence electrons. The monoisotopic (exact) mass is 436 g/mol. The lowest BCUT2D eigenvalue weighted by molar-refractivity contribution is -0.118. The molecule has 6 nitrogen and oxygen atoms in total. The molecule has 0 N–H and O–H groups in total. The molecule has 0 bridgehead atoms. The van der Waals surface area contributed by atoms with Crippen LogP contribution in [0.4, 0.5) is 0 Å². The second-order valence-electron chi connectivity index (χ2n) is 8.28. The second-order valence-corrected chi connectivity index (χ2v) is 11.6. The van der Waals surface area contributed by atoms with Gasteiger partial charge in [-0.05, 0) is 36.5 Å². The maximum atomic E-state index is 12.6. The van der Waals surface area contributed by atoms with Crippen molar-refractivity contribution in [2.75, 3.05) is 18.6 Å². The van der Waals surface area contributed by atoms with Crippen molar-refractivity contribution in [3.05, 3.63) is 29.8 Å². The smallest absolute Gasteiger partial charge is 0.248 e. The highest BCUT2D eigenvalue weighted by atomic mass is 32.2. The molecule has 0 radical (unpaired) electrons. The summed E-state index contributed by atoms with van der Waals surface area (Å²) in [6, 6.07) is 7.62. The first-order valence-electron chi connectivity index (χ1n) is 10.3. The summed E-state index contributed by atoms with van der Waals surface area (Å²) in [4.78, 5) is 19.1. The Kier molecular flexibility index (Phi) is 6.20. The lowest BCUT2D eigenvalue weighted by Gasteiger charge is -2.25. The number of amidine groups is 1. The van der Waals surface area contributed by atoms with Crippen LogP contribution in [0, 0.1) is 5.92 Å². The van der Waals surface area contributed by atoms with Gasteiger partial charge in [0.1, 0.15) is 5.75 Å². The van der Waals surface area contributed by atoms with E-state index in [9.17, 15) is 13.2 Å². The Hall–Kier alpha value is -1.54. The van der Waals surface area contributed by atoms with Crippen LogP contribution in [0.1, 0.15) is 44.1 Å². The van der Waals surface area contributed by atoms with Crippen molar-refractivity contribution in [2.45, 2.75) is 56.4 Å². The average Bonchev–Trinajstić information content (AvgIpc) is 3.15.